The van der Waals surface area contributed by atoms with E-state index in [4.69, 9.17) is 5.73 Å². The normalized spacial score (nSPS) is 23.9. The van der Waals surface area contributed by atoms with Gasteiger partial charge in [-0.05, 0) is 55.4 Å². The van der Waals surface area contributed by atoms with Crippen molar-refractivity contribution < 1.29 is 0 Å². The molecule has 1 aliphatic carbocycles. The lowest BCUT2D eigenvalue weighted by molar-refractivity contribution is 0.278. The van der Waals surface area contributed by atoms with Crippen LogP contribution in [0.4, 0.5) is 11.4 Å². The fourth-order valence-corrected chi connectivity index (χ4v) is 3.02. The van der Waals surface area contributed by atoms with Gasteiger partial charge < -0.3 is 11.1 Å². The van der Waals surface area contributed by atoms with Crippen LogP contribution in [0.1, 0.15) is 44.6 Å². The van der Waals surface area contributed by atoms with Crippen molar-refractivity contribution in [3.63, 3.8) is 0 Å². The maximum atomic E-state index is 5.86. The van der Waals surface area contributed by atoms with Crippen LogP contribution >= 0.6 is 0 Å². The van der Waals surface area contributed by atoms with E-state index in [1.165, 1.54) is 43.4 Å². The highest BCUT2D eigenvalue weighted by Gasteiger charge is 2.19. The van der Waals surface area contributed by atoms with Gasteiger partial charge in [-0.15, -0.1) is 0 Å². The minimum Gasteiger partial charge on any atom is -0.399 e. The van der Waals surface area contributed by atoms with E-state index in [0.29, 0.717) is 0 Å². The molecule has 0 aliphatic heterocycles. The molecule has 100 valence electrons. The topological polar surface area (TPSA) is 38.0 Å². The molecular formula is C16H26N2. The minimum atomic E-state index is 0.842. The Hall–Kier alpha value is -1.18. The van der Waals surface area contributed by atoms with Gasteiger partial charge in [0.2, 0.25) is 0 Å². The Bertz CT molecular complexity index is 358. The number of rotatable bonds is 4. The highest BCUT2D eigenvalue weighted by molar-refractivity contribution is 5.56. The van der Waals surface area contributed by atoms with Gasteiger partial charge in [0.15, 0.2) is 0 Å². The first-order valence-corrected chi connectivity index (χ1v) is 7.28. The Kier molecular flexibility index (Phi) is 4.51. The molecule has 0 saturated heterocycles. The van der Waals surface area contributed by atoms with Gasteiger partial charge >= 0.3 is 0 Å². The maximum absolute atomic E-state index is 5.86. The molecule has 0 aromatic heterocycles. The predicted molar refractivity (Wildman–Crippen MR) is 79.8 cm³/mol. The second-order valence-corrected chi connectivity index (χ2v) is 5.81. The fourth-order valence-electron chi connectivity index (χ4n) is 3.02. The molecule has 0 spiro atoms. The summed E-state index contributed by atoms with van der Waals surface area (Å²) in [5.41, 5.74) is 9.12. The van der Waals surface area contributed by atoms with E-state index < -0.39 is 0 Å². The summed E-state index contributed by atoms with van der Waals surface area (Å²) in [6, 6.07) is 6.22. The average Bonchev–Trinajstić information content (AvgIpc) is 2.36. The molecule has 1 aromatic carbocycles. The molecule has 0 amide bonds. The minimum absolute atomic E-state index is 0.842. The van der Waals surface area contributed by atoms with E-state index >= 15 is 0 Å². The molecule has 0 unspecified atom stereocenters. The van der Waals surface area contributed by atoms with Gasteiger partial charge in [-0.25, -0.2) is 0 Å². The van der Waals surface area contributed by atoms with Crippen molar-refractivity contribution >= 4 is 11.4 Å². The lowest BCUT2D eigenvalue weighted by atomic mass is 9.81. The van der Waals surface area contributed by atoms with Crippen LogP contribution in [-0.4, -0.2) is 6.54 Å². The third-order valence-corrected chi connectivity index (χ3v) is 4.24. The van der Waals surface area contributed by atoms with Gasteiger partial charge in [-0.2, -0.15) is 0 Å². The van der Waals surface area contributed by atoms with Crippen LogP contribution in [-0.2, 0) is 0 Å². The molecule has 1 aromatic rings. The second-order valence-electron chi connectivity index (χ2n) is 5.81. The van der Waals surface area contributed by atoms with Crippen LogP contribution in [0, 0.1) is 18.8 Å². The molecule has 0 radical (unpaired) electrons. The number of aryl methyl sites for hydroxylation is 1. The Morgan fingerprint density at radius 3 is 2.39 bits per heavy atom. The largest absolute Gasteiger partial charge is 0.399 e. The molecule has 2 rings (SSSR count). The first-order chi connectivity index (χ1) is 8.67. The van der Waals surface area contributed by atoms with Crippen LogP contribution in [0.2, 0.25) is 0 Å². The number of nitrogens with one attached hydrogen (secondary N) is 1. The van der Waals surface area contributed by atoms with Gasteiger partial charge in [0.1, 0.15) is 0 Å². The van der Waals surface area contributed by atoms with E-state index in [1.807, 2.05) is 12.1 Å². The summed E-state index contributed by atoms with van der Waals surface area (Å²) >= 11 is 0. The highest BCUT2D eigenvalue weighted by atomic mass is 14.9. The Labute approximate surface area is 111 Å². The van der Waals surface area contributed by atoms with Crippen molar-refractivity contribution in [2.24, 2.45) is 11.8 Å². The van der Waals surface area contributed by atoms with Crippen molar-refractivity contribution in [3.05, 3.63) is 23.8 Å². The number of nitrogen functional groups attached to an aromatic ring is 1. The summed E-state index contributed by atoms with van der Waals surface area (Å²) in [7, 11) is 0. The van der Waals surface area contributed by atoms with E-state index in [2.05, 4.69) is 25.2 Å². The lowest BCUT2D eigenvalue weighted by Gasteiger charge is -2.28. The van der Waals surface area contributed by atoms with Crippen LogP contribution in [0.5, 0.6) is 0 Å². The zero-order valence-electron chi connectivity index (χ0n) is 11.7. The lowest BCUT2D eigenvalue weighted by Crippen LogP contribution is -2.21. The third-order valence-electron chi connectivity index (χ3n) is 4.24. The molecule has 0 heterocycles. The first-order valence-electron chi connectivity index (χ1n) is 7.28. The molecule has 0 bridgehead atoms. The summed E-state index contributed by atoms with van der Waals surface area (Å²) in [5.74, 6) is 1.82. The maximum Gasteiger partial charge on any atom is 0.0363 e. The fraction of sp³-hybridized carbons (Fsp3) is 0.625. The molecule has 3 N–H and O–H groups in total. The summed E-state index contributed by atoms with van der Waals surface area (Å²) in [4.78, 5) is 0. The molecule has 2 nitrogen and oxygen atoms in total. The van der Waals surface area contributed by atoms with Gasteiger partial charge in [-0.1, -0.05) is 26.2 Å². The zero-order chi connectivity index (χ0) is 13.0. The van der Waals surface area contributed by atoms with Gasteiger partial charge in [0.25, 0.3) is 0 Å². The van der Waals surface area contributed by atoms with Crippen LogP contribution in [0.15, 0.2) is 18.2 Å². The standard InChI is InChI=1S/C16H26N2/c1-3-13-4-6-14(7-5-13)11-18-16-9-12(2)8-15(17)10-16/h8-10,13-14,18H,3-7,11,17H2,1-2H3. The van der Waals surface area contributed by atoms with Crippen LogP contribution < -0.4 is 11.1 Å². The quantitative estimate of drug-likeness (QED) is 0.781. The van der Waals surface area contributed by atoms with Crippen molar-refractivity contribution in [2.75, 3.05) is 17.6 Å². The van der Waals surface area contributed by atoms with Crippen molar-refractivity contribution in [2.45, 2.75) is 46.0 Å². The van der Waals surface area contributed by atoms with Crippen molar-refractivity contribution in [3.8, 4) is 0 Å². The van der Waals surface area contributed by atoms with E-state index in [0.717, 1.165) is 24.1 Å². The summed E-state index contributed by atoms with van der Waals surface area (Å²) in [6.45, 7) is 5.51. The van der Waals surface area contributed by atoms with Gasteiger partial charge in [0, 0.05) is 17.9 Å². The predicted octanol–water partition coefficient (Wildman–Crippen LogP) is 4.21. The van der Waals surface area contributed by atoms with E-state index in [1.54, 1.807) is 0 Å². The molecule has 1 fully saturated rings. The van der Waals surface area contributed by atoms with Crippen LogP contribution in [0.3, 0.4) is 0 Å². The molecule has 2 heteroatoms. The Morgan fingerprint density at radius 1 is 1.11 bits per heavy atom. The van der Waals surface area contributed by atoms with Crippen molar-refractivity contribution in [1.29, 1.82) is 0 Å². The first kappa shape index (κ1) is 13.3. The number of benzene rings is 1. The molecule has 18 heavy (non-hydrogen) atoms. The molecule has 0 atom stereocenters. The molecule has 1 saturated carbocycles. The highest BCUT2D eigenvalue weighted by Crippen LogP contribution is 2.30. The molecular weight excluding hydrogens is 220 g/mol. The number of anilines is 2. The van der Waals surface area contributed by atoms with Gasteiger partial charge in [-0.3, -0.25) is 0 Å². The average molecular weight is 246 g/mol. The monoisotopic (exact) mass is 246 g/mol. The summed E-state index contributed by atoms with van der Waals surface area (Å²) in [6.07, 6.45) is 6.95. The smallest absolute Gasteiger partial charge is 0.0363 e. The Balaban J connectivity index is 1.81. The number of hydrogen-bond acceptors (Lipinski definition) is 2. The number of nitrogens with two attached hydrogens (primary N) is 1. The SMILES string of the molecule is CCC1CCC(CNc2cc(C)cc(N)c2)CC1. The van der Waals surface area contributed by atoms with Crippen molar-refractivity contribution in [1.82, 2.24) is 0 Å². The molecule has 1 aliphatic rings. The Morgan fingerprint density at radius 2 is 1.78 bits per heavy atom. The zero-order valence-corrected chi connectivity index (χ0v) is 11.7. The summed E-state index contributed by atoms with van der Waals surface area (Å²) < 4.78 is 0. The summed E-state index contributed by atoms with van der Waals surface area (Å²) in [5, 5.41) is 3.55. The van der Waals surface area contributed by atoms with E-state index in [-0.39, 0.29) is 0 Å². The van der Waals surface area contributed by atoms with E-state index in [9.17, 15) is 0 Å². The third kappa shape index (κ3) is 3.66. The second kappa shape index (κ2) is 6.12. The number of hydrogen-bond donors (Lipinski definition) is 2. The van der Waals surface area contributed by atoms with Gasteiger partial charge in [0.05, 0.1) is 0 Å². The van der Waals surface area contributed by atoms with Crippen LogP contribution in [0.25, 0.3) is 0 Å².